The Morgan fingerprint density at radius 3 is 1.38 bits per heavy atom. The lowest BCUT2D eigenvalue weighted by Gasteiger charge is -2.23. The van der Waals surface area contributed by atoms with E-state index in [0.717, 1.165) is 20.7 Å². The van der Waals surface area contributed by atoms with Crippen LogP contribution >= 0.6 is 8.58 Å². The van der Waals surface area contributed by atoms with Gasteiger partial charge in [-0.1, -0.05) is 0 Å². The Hall–Kier alpha value is 0.350. The van der Waals surface area contributed by atoms with Crippen molar-refractivity contribution < 1.29 is 0 Å². The highest BCUT2D eigenvalue weighted by Crippen LogP contribution is 2.16. The monoisotopic (exact) mass is 204 g/mol. The average Bonchev–Trinajstić information content (AvgIpc) is 2.03. The summed E-state index contributed by atoms with van der Waals surface area (Å²) in [5.74, 6) is 0. The summed E-state index contributed by atoms with van der Waals surface area (Å²) >= 11 is 0. The molecule has 0 rings (SSSR count). The molecular formula is C10H25N2P. The van der Waals surface area contributed by atoms with Crippen LogP contribution in [0.4, 0.5) is 0 Å². The maximum Gasteiger partial charge on any atom is 0.00977 e. The van der Waals surface area contributed by atoms with E-state index < -0.39 is 0 Å². The van der Waals surface area contributed by atoms with E-state index in [0.29, 0.717) is 0 Å². The van der Waals surface area contributed by atoms with Gasteiger partial charge < -0.3 is 9.80 Å². The fraction of sp³-hybridized carbons (Fsp3) is 1.00. The van der Waals surface area contributed by atoms with Crippen LogP contribution in [0, 0.1) is 0 Å². The van der Waals surface area contributed by atoms with Crippen molar-refractivity contribution >= 4 is 8.58 Å². The van der Waals surface area contributed by atoms with Gasteiger partial charge in [0.2, 0.25) is 0 Å². The van der Waals surface area contributed by atoms with E-state index >= 15 is 0 Å². The van der Waals surface area contributed by atoms with Crippen LogP contribution in [-0.4, -0.2) is 62.4 Å². The third-order valence-electron chi connectivity index (χ3n) is 2.64. The van der Waals surface area contributed by atoms with Crippen LogP contribution in [0.2, 0.25) is 0 Å². The first-order chi connectivity index (χ1) is 5.95. The minimum absolute atomic E-state index is 0.729. The highest BCUT2D eigenvalue weighted by Gasteiger charge is 2.07. The second-order valence-electron chi connectivity index (χ2n) is 4.28. The van der Waals surface area contributed by atoms with E-state index in [1.807, 2.05) is 0 Å². The SMILES string of the molecule is CC(CPCC(C)N(C)C)N(C)C. The second-order valence-corrected chi connectivity index (χ2v) is 5.60. The highest BCUT2D eigenvalue weighted by atomic mass is 31.1. The summed E-state index contributed by atoms with van der Waals surface area (Å²) in [6.45, 7) is 4.60. The van der Waals surface area contributed by atoms with Gasteiger partial charge in [-0.3, -0.25) is 0 Å². The number of rotatable bonds is 6. The van der Waals surface area contributed by atoms with Gasteiger partial charge in [-0.15, -0.1) is 8.58 Å². The van der Waals surface area contributed by atoms with Crippen LogP contribution in [0.1, 0.15) is 13.8 Å². The van der Waals surface area contributed by atoms with Crippen molar-refractivity contribution in [2.45, 2.75) is 25.9 Å². The van der Waals surface area contributed by atoms with Crippen molar-refractivity contribution in [3.63, 3.8) is 0 Å². The lowest BCUT2D eigenvalue weighted by Crippen LogP contribution is -2.29. The van der Waals surface area contributed by atoms with E-state index in [-0.39, 0.29) is 0 Å². The molecule has 0 heterocycles. The fourth-order valence-corrected chi connectivity index (χ4v) is 2.60. The summed E-state index contributed by atoms with van der Waals surface area (Å²) in [6, 6.07) is 1.46. The molecule has 0 saturated heterocycles. The molecule has 3 heteroatoms. The van der Waals surface area contributed by atoms with Gasteiger partial charge in [0.05, 0.1) is 0 Å². The van der Waals surface area contributed by atoms with E-state index in [4.69, 9.17) is 0 Å². The van der Waals surface area contributed by atoms with Crippen molar-refractivity contribution in [2.75, 3.05) is 40.5 Å². The van der Waals surface area contributed by atoms with Gasteiger partial charge in [0.15, 0.2) is 0 Å². The van der Waals surface area contributed by atoms with Gasteiger partial charge in [-0.2, -0.15) is 0 Å². The summed E-state index contributed by atoms with van der Waals surface area (Å²) in [4.78, 5) is 4.60. The summed E-state index contributed by atoms with van der Waals surface area (Å²) in [6.07, 6.45) is 2.68. The predicted octanol–water partition coefficient (Wildman–Crippen LogP) is 1.57. The Labute approximate surface area is 85.5 Å². The molecule has 0 N–H and O–H groups in total. The largest absolute Gasteiger partial charge is 0.306 e. The normalized spacial score (nSPS) is 17.5. The van der Waals surface area contributed by atoms with E-state index in [1.165, 1.54) is 12.3 Å². The number of hydrogen-bond donors (Lipinski definition) is 0. The summed E-state index contributed by atoms with van der Waals surface area (Å²) in [7, 11) is 9.72. The van der Waals surface area contributed by atoms with Gasteiger partial charge in [0, 0.05) is 12.1 Å². The molecule has 0 bridgehead atoms. The maximum atomic E-state index is 2.30. The zero-order chi connectivity index (χ0) is 10.4. The van der Waals surface area contributed by atoms with Gasteiger partial charge >= 0.3 is 0 Å². The predicted molar refractivity (Wildman–Crippen MR) is 64.3 cm³/mol. The quantitative estimate of drug-likeness (QED) is 0.606. The van der Waals surface area contributed by atoms with Crippen molar-refractivity contribution in [3.05, 3.63) is 0 Å². The topological polar surface area (TPSA) is 6.48 Å². The van der Waals surface area contributed by atoms with Gasteiger partial charge in [0.1, 0.15) is 0 Å². The fourth-order valence-electron chi connectivity index (χ4n) is 0.866. The zero-order valence-corrected chi connectivity index (χ0v) is 11.0. The molecule has 2 nitrogen and oxygen atoms in total. The van der Waals surface area contributed by atoms with Crippen LogP contribution in [0.3, 0.4) is 0 Å². The Morgan fingerprint density at radius 1 is 0.846 bits per heavy atom. The van der Waals surface area contributed by atoms with Crippen molar-refractivity contribution in [1.29, 1.82) is 0 Å². The zero-order valence-electron chi connectivity index (χ0n) is 9.96. The van der Waals surface area contributed by atoms with Gasteiger partial charge in [0.25, 0.3) is 0 Å². The second kappa shape index (κ2) is 6.75. The first-order valence-electron chi connectivity index (χ1n) is 4.98. The molecule has 2 unspecified atom stereocenters. The summed E-state index contributed by atoms with van der Waals surface area (Å²) < 4.78 is 0. The van der Waals surface area contributed by atoms with Crippen LogP contribution in [0.15, 0.2) is 0 Å². The van der Waals surface area contributed by atoms with Crippen LogP contribution < -0.4 is 0 Å². The van der Waals surface area contributed by atoms with Crippen molar-refractivity contribution in [2.24, 2.45) is 0 Å². The van der Waals surface area contributed by atoms with Crippen LogP contribution in [0.25, 0.3) is 0 Å². The van der Waals surface area contributed by atoms with E-state index in [1.54, 1.807) is 0 Å². The maximum absolute atomic E-state index is 2.30. The molecule has 0 aromatic rings. The molecule has 0 aliphatic rings. The highest BCUT2D eigenvalue weighted by molar-refractivity contribution is 7.38. The first-order valence-corrected chi connectivity index (χ1v) is 6.40. The molecule has 80 valence electrons. The average molecular weight is 204 g/mol. The molecule has 0 aromatic heterocycles. The Morgan fingerprint density at radius 2 is 1.15 bits per heavy atom. The molecule has 0 aliphatic heterocycles. The third-order valence-corrected chi connectivity index (χ3v) is 4.40. The minimum Gasteiger partial charge on any atom is -0.306 e. The van der Waals surface area contributed by atoms with Crippen molar-refractivity contribution in [1.82, 2.24) is 9.80 Å². The molecule has 13 heavy (non-hydrogen) atoms. The molecule has 2 atom stereocenters. The van der Waals surface area contributed by atoms with Crippen molar-refractivity contribution in [3.8, 4) is 0 Å². The standard InChI is InChI=1S/C10H25N2P/c1-9(11(3)4)7-13-8-10(2)12(5)6/h9-10,13H,7-8H2,1-6H3. The molecule has 0 saturated carbocycles. The summed E-state index contributed by atoms with van der Waals surface area (Å²) in [5, 5.41) is 0. The molecule has 0 fully saturated rings. The molecule has 0 radical (unpaired) electrons. The number of hydrogen-bond acceptors (Lipinski definition) is 2. The van der Waals surface area contributed by atoms with Gasteiger partial charge in [-0.25, -0.2) is 0 Å². The van der Waals surface area contributed by atoms with Gasteiger partial charge in [-0.05, 0) is 54.4 Å². The first kappa shape index (κ1) is 13.4. The number of nitrogens with zero attached hydrogens (tertiary/aromatic N) is 2. The lowest BCUT2D eigenvalue weighted by atomic mass is 10.4. The van der Waals surface area contributed by atoms with E-state index in [9.17, 15) is 0 Å². The molecule has 0 spiro atoms. The Bertz CT molecular complexity index is 112. The minimum atomic E-state index is 0.729. The van der Waals surface area contributed by atoms with Crippen LogP contribution in [-0.2, 0) is 0 Å². The summed E-state index contributed by atoms with van der Waals surface area (Å²) in [5.41, 5.74) is 0. The van der Waals surface area contributed by atoms with E-state index in [2.05, 4.69) is 51.8 Å². The molecule has 0 aromatic carbocycles. The Balaban J connectivity index is 3.45. The molecular weight excluding hydrogens is 179 g/mol. The lowest BCUT2D eigenvalue weighted by molar-refractivity contribution is 0.332. The molecule has 0 amide bonds. The Kier molecular flexibility index (Phi) is 6.93. The third kappa shape index (κ3) is 6.42. The smallest absolute Gasteiger partial charge is 0.00977 e. The molecule has 0 aliphatic carbocycles. The van der Waals surface area contributed by atoms with Crippen LogP contribution in [0.5, 0.6) is 0 Å².